The quantitative estimate of drug-likeness (QED) is 0.646. The van der Waals surface area contributed by atoms with Crippen LogP contribution in [0.15, 0.2) is 35.0 Å². The van der Waals surface area contributed by atoms with E-state index in [9.17, 15) is 4.39 Å². The topological polar surface area (TPSA) is 47.3 Å². The Labute approximate surface area is 109 Å². The molecule has 0 saturated carbocycles. The maximum atomic E-state index is 13.9. The van der Waals surface area contributed by atoms with E-state index in [2.05, 4.69) is 5.43 Å². The molecule has 5 heteroatoms. The lowest BCUT2D eigenvalue weighted by Gasteiger charge is -2.19. The van der Waals surface area contributed by atoms with E-state index in [4.69, 9.17) is 10.6 Å². The Morgan fingerprint density at radius 2 is 2.28 bits per heavy atom. The lowest BCUT2D eigenvalue weighted by molar-refractivity contribution is 0.390. The zero-order chi connectivity index (χ0) is 13.0. The minimum absolute atomic E-state index is 0.309. The maximum absolute atomic E-state index is 13.9. The SMILES string of the molecule is COc1cccc(F)c1C(Cc1ccsc1)NN. The zero-order valence-corrected chi connectivity index (χ0v) is 10.8. The van der Waals surface area contributed by atoms with Crippen molar-refractivity contribution in [1.29, 1.82) is 0 Å². The van der Waals surface area contributed by atoms with Gasteiger partial charge >= 0.3 is 0 Å². The van der Waals surface area contributed by atoms with Crippen LogP contribution in [0, 0.1) is 5.82 Å². The van der Waals surface area contributed by atoms with Crippen LogP contribution in [0.4, 0.5) is 4.39 Å². The molecule has 0 bridgehead atoms. The summed E-state index contributed by atoms with van der Waals surface area (Å²) in [5, 5.41) is 4.01. The molecule has 0 spiro atoms. The first-order chi connectivity index (χ1) is 8.76. The third kappa shape index (κ3) is 2.69. The summed E-state index contributed by atoms with van der Waals surface area (Å²) in [6.07, 6.45) is 0.622. The molecule has 0 aliphatic heterocycles. The fraction of sp³-hybridized carbons (Fsp3) is 0.231. The molecule has 1 heterocycles. The van der Waals surface area contributed by atoms with Crippen LogP contribution in [-0.2, 0) is 6.42 Å². The highest BCUT2D eigenvalue weighted by atomic mass is 32.1. The highest BCUT2D eigenvalue weighted by molar-refractivity contribution is 7.07. The van der Waals surface area contributed by atoms with Crippen molar-refractivity contribution in [2.75, 3.05) is 7.11 Å². The molecule has 0 aliphatic carbocycles. The summed E-state index contributed by atoms with van der Waals surface area (Å²) in [7, 11) is 1.52. The predicted molar refractivity (Wildman–Crippen MR) is 71.0 cm³/mol. The van der Waals surface area contributed by atoms with Crippen molar-refractivity contribution in [2.45, 2.75) is 12.5 Å². The van der Waals surface area contributed by atoms with Crippen molar-refractivity contribution in [2.24, 2.45) is 5.84 Å². The Balaban J connectivity index is 2.32. The van der Waals surface area contributed by atoms with E-state index in [1.165, 1.54) is 13.2 Å². The van der Waals surface area contributed by atoms with Crippen LogP contribution in [0.2, 0.25) is 0 Å². The number of hydrazine groups is 1. The number of nitrogens with one attached hydrogen (secondary N) is 1. The predicted octanol–water partition coefficient (Wildman–Crippen LogP) is 2.64. The summed E-state index contributed by atoms with van der Waals surface area (Å²) in [5.74, 6) is 5.74. The van der Waals surface area contributed by atoms with Crippen LogP contribution < -0.4 is 16.0 Å². The molecule has 0 saturated heterocycles. The third-order valence-corrected chi connectivity index (χ3v) is 3.53. The first kappa shape index (κ1) is 13.0. The Kier molecular flexibility index (Phi) is 4.30. The van der Waals surface area contributed by atoms with Gasteiger partial charge in [-0.05, 0) is 40.9 Å². The molecule has 1 atom stereocenters. The number of rotatable bonds is 5. The summed E-state index contributed by atoms with van der Waals surface area (Å²) in [6.45, 7) is 0. The van der Waals surface area contributed by atoms with Gasteiger partial charge in [-0.3, -0.25) is 11.3 Å². The average molecular weight is 266 g/mol. The van der Waals surface area contributed by atoms with Crippen molar-refractivity contribution in [3.63, 3.8) is 0 Å². The number of ether oxygens (including phenoxy) is 1. The van der Waals surface area contributed by atoms with Gasteiger partial charge in [0.15, 0.2) is 0 Å². The fourth-order valence-corrected chi connectivity index (χ4v) is 2.60. The first-order valence-electron chi connectivity index (χ1n) is 5.56. The van der Waals surface area contributed by atoms with Crippen molar-refractivity contribution in [3.8, 4) is 5.75 Å². The van der Waals surface area contributed by atoms with E-state index >= 15 is 0 Å². The molecule has 2 rings (SSSR count). The van der Waals surface area contributed by atoms with Gasteiger partial charge in [-0.25, -0.2) is 4.39 Å². The largest absolute Gasteiger partial charge is 0.496 e. The van der Waals surface area contributed by atoms with Gasteiger partial charge in [-0.2, -0.15) is 11.3 Å². The van der Waals surface area contributed by atoms with Gasteiger partial charge in [-0.1, -0.05) is 6.07 Å². The first-order valence-corrected chi connectivity index (χ1v) is 6.50. The van der Waals surface area contributed by atoms with Crippen LogP contribution in [0.5, 0.6) is 5.75 Å². The summed E-state index contributed by atoms with van der Waals surface area (Å²) in [5.41, 5.74) is 4.24. The molecule has 1 aromatic carbocycles. The summed E-state index contributed by atoms with van der Waals surface area (Å²) in [4.78, 5) is 0. The van der Waals surface area contributed by atoms with Crippen molar-refractivity contribution in [1.82, 2.24) is 5.43 Å². The number of methoxy groups -OCH3 is 1. The lowest BCUT2D eigenvalue weighted by atomic mass is 9.99. The molecule has 96 valence electrons. The minimum Gasteiger partial charge on any atom is -0.496 e. The van der Waals surface area contributed by atoms with Crippen LogP contribution in [-0.4, -0.2) is 7.11 Å². The molecule has 0 amide bonds. The van der Waals surface area contributed by atoms with Crippen molar-refractivity contribution < 1.29 is 9.13 Å². The van der Waals surface area contributed by atoms with Gasteiger partial charge in [0, 0.05) is 5.56 Å². The number of thiophene rings is 1. The normalized spacial score (nSPS) is 12.4. The monoisotopic (exact) mass is 266 g/mol. The van der Waals surface area contributed by atoms with Gasteiger partial charge in [-0.15, -0.1) is 0 Å². The van der Waals surface area contributed by atoms with E-state index in [1.54, 1.807) is 23.5 Å². The van der Waals surface area contributed by atoms with Gasteiger partial charge in [0.2, 0.25) is 0 Å². The minimum atomic E-state index is -0.312. The Bertz CT molecular complexity index is 502. The summed E-state index contributed by atoms with van der Waals surface area (Å²) in [6, 6.07) is 6.46. The number of benzene rings is 1. The van der Waals surface area contributed by atoms with Gasteiger partial charge < -0.3 is 4.74 Å². The second kappa shape index (κ2) is 5.95. The van der Waals surface area contributed by atoms with Crippen LogP contribution in [0.25, 0.3) is 0 Å². The Morgan fingerprint density at radius 1 is 1.44 bits per heavy atom. The van der Waals surface area contributed by atoms with Crippen LogP contribution in [0.1, 0.15) is 17.2 Å². The van der Waals surface area contributed by atoms with E-state index in [-0.39, 0.29) is 11.9 Å². The van der Waals surface area contributed by atoms with Gasteiger partial charge in [0.1, 0.15) is 11.6 Å². The van der Waals surface area contributed by atoms with E-state index < -0.39 is 0 Å². The standard InChI is InChI=1S/C13H15FN2OS/c1-17-12-4-2-3-10(14)13(12)11(16-15)7-9-5-6-18-8-9/h2-6,8,11,16H,7,15H2,1H3. The molecule has 1 unspecified atom stereocenters. The van der Waals surface area contributed by atoms with Crippen molar-refractivity contribution >= 4 is 11.3 Å². The fourth-order valence-electron chi connectivity index (χ4n) is 1.92. The molecule has 1 aromatic heterocycles. The molecule has 2 aromatic rings. The Morgan fingerprint density at radius 3 is 2.89 bits per heavy atom. The molecular formula is C13H15FN2OS. The number of hydrogen-bond acceptors (Lipinski definition) is 4. The smallest absolute Gasteiger partial charge is 0.131 e. The molecule has 0 aliphatic rings. The zero-order valence-electron chi connectivity index (χ0n) is 10.0. The third-order valence-electron chi connectivity index (χ3n) is 2.80. The highest BCUT2D eigenvalue weighted by Gasteiger charge is 2.19. The lowest BCUT2D eigenvalue weighted by Crippen LogP contribution is -2.30. The molecule has 3 N–H and O–H groups in total. The second-order valence-electron chi connectivity index (χ2n) is 3.91. The molecular weight excluding hydrogens is 251 g/mol. The van der Waals surface area contributed by atoms with Gasteiger partial charge in [0.05, 0.1) is 13.2 Å². The summed E-state index contributed by atoms with van der Waals surface area (Å²) >= 11 is 1.61. The number of hydrogen-bond donors (Lipinski definition) is 2. The van der Waals surface area contributed by atoms with E-state index in [0.29, 0.717) is 17.7 Å². The van der Waals surface area contributed by atoms with E-state index in [1.807, 2.05) is 16.8 Å². The Hall–Kier alpha value is -1.43. The molecule has 18 heavy (non-hydrogen) atoms. The highest BCUT2D eigenvalue weighted by Crippen LogP contribution is 2.30. The van der Waals surface area contributed by atoms with Crippen LogP contribution in [0.3, 0.4) is 0 Å². The number of nitrogens with two attached hydrogens (primary N) is 1. The number of halogens is 1. The average Bonchev–Trinajstić information content (AvgIpc) is 2.89. The maximum Gasteiger partial charge on any atom is 0.131 e. The molecule has 3 nitrogen and oxygen atoms in total. The van der Waals surface area contributed by atoms with Crippen LogP contribution >= 0.6 is 11.3 Å². The van der Waals surface area contributed by atoms with E-state index in [0.717, 1.165) is 5.56 Å². The second-order valence-corrected chi connectivity index (χ2v) is 4.69. The summed E-state index contributed by atoms with van der Waals surface area (Å²) < 4.78 is 19.1. The molecule has 0 radical (unpaired) electrons. The van der Waals surface area contributed by atoms with Crippen molar-refractivity contribution in [3.05, 3.63) is 52.0 Å². The molecule has 0 fully saturated rings. The van der Waals surface area contributed by atoms with Gasteiger partial charge in [0.25, 0.3) is 0 Å².